The van der Waals surface area contributed by atoms with Crippen LogP contribution in [0.15, 0.2) is 5.38 Å². The third-order valence-electron chi connectivity index (χ3n) is 3.50. The quantitative estimate of drug-likeness (QED) is 0.940. The first-order chi connectivity index (χ1) is 9.32. The molecule has 0 saturated heterocycles. The summed E-state index contributed by atoms with van der Waals surface area (Å²) in [5.41, 5.74) is 4.60. The standard InChI is InChI=1S/C15H22N4S/c1-9-10(2)14(16-6)19-18-11(9)7-13-17-12(8-20-13)15(3,4)5/h8H,7H2,1-6H3,(H,16,19). The number of thiazole rings is 1. The zero-order valence-corrected chi connectivity index (χ0v) is 13.9. The molecule has 20 heavy (non-hydrogen) atoms. The van der Waals surface area contributed by atoms with Gasteiger partial charge in [-0.25, -0.2) is 4.98 Å². The van der Waals surface area contributed by atoms with Crippen LogP contribution >= 0.6 is 11.3 Å². The maximum absolute atomic E-state index is 4.73. The van der Waals surface area contributed by atoms with Gasteiger partial charge in [0.2, 0.25) is 0 Å². The summed E-state index contributed by atoms with van der Waals surface area (Å²) in [6.07, 6.45) is 0.754. The highest BCUT2D eigenvalue weighted by Crippen LogP contribution is 2.26. The summed E-state index contributed by atoms with van der Waals surface area (Å²) in [7, 11) is 1.87. The molecular weight excluding hydrogens is 268 g/mol. The van der Waals surface area contributed by atoms with Gasteiger partial charge in [-0.1, -0.05) is 20.8 Å². The first-order valence-electron chi connectivity index (χ1n) is 6.78. The third kappa shape index (κ3) is 2.98. The lowest BCUT2D eigenvalue weighted by Crippen LogP contribution is -2.11. The largest absolute Gasteiger partial charge is 0.371 e. The van der Waals surface area contributed by atoms with Gasteiger partial charge in [0.1, 0.15) is 0 Å². The Hall–Kier alpha value is -1.49. The van der Waals surface area contributed by atoms with Gasteiger partial charge in [-0.05, 0) is 25.0 Å². The molecular formula is C15H22N4S. The van der Waals surface area contributed by atoms with Crippen molar-refractivity contribution in [1.82, 2.24) is 15.2 Å². The van der Waals surface area contributed by atoms with Crippen molar-refractivity contribution < 1.29 is 0 Å². The van der Waals surface area contributed by atoms with Crippen molar-refractivity contribution in [2.75, 3.05) is 12.4 Å². The lowest BCUT2D eigenvalue weighted by atomic mass is 9.93. The summed E-state index contributed by atoms with van der Waals surface area (Å²) in [5.74, 6) is 0.848. The summed E-state index contributed by atoms with van der Waals surface area (Å²) in [4.78, 5) is 4.73. The molecule has 0 aromatic carbocycles. The minimum Gasteiger partial charge on any atom is -0.371 e. The zero-order valence-electron chi connectivity index (χ0n) is 13.0. The lowest BCUT2D eigenvalue weighted by Gasteiger charge is -2.14. The van der Waals surface area contributed by atoms with Gasteiger partial charge >= 0.3 is 0 Å². The predicted molar refractivity (Wildman–Crippen MR) is 84.7 cm³/mol. The zero-order chi connectivity index (χ0) is 14.9. The minimum absolute atomic E-state index is 0.0986. The van der Waals surface area contributed by atoms with Crippen molar-refractivity contribution in [2.24, 2.45) is 0 Å². The van der Waals surface area contributed by atoms with E-state index in [1.165, 1.54) is 5.56 Å². The van der Waals surface area contributed by atoms with Crippen LogP contribution in [0.2, 0.25) is 0 Å². The molecule has 0 saturated carbocycles. The fourth-order valence-electron chi connectivity index (χ4n) is 1.94. The molecule has 0 atom stereocenters. The van der Waals surface area contributed by atoms with Gasteiger partial charge in [-0.15, -0.1) is 16.4 Å². The molecule has 2 heterocycles. The minimum atomic E-state index is 0.0986. The molecule has 0 aliphatic heterocycles. The molecule has 0 radical (unpaired) electrons. The Labute approximate surface area is 124 Å². The van der Waals surface area contributed by atoms with Crippen LogP contribution in [-0.2, 0) is 11.8 Å². The van der Waals surface area contributed by atoms with Crippen molar-refractivity contribution in [3.8, 4) is 0 Å². The van der Waals surface area contributed by atoms with Crippen LogP contribution in [0.5, 0.6) is 0 Å². The number of hydrogen-bond donors (Lipinski definition) is 1. The van der Waals surface area contributed by atoms with E-state index in [0.717, 1.165) is 34.2 Å². The van der Waals surface area contributed by atoms with E-state index >= 15 is 0 Å². The third-order valence-corrected chi connectivity index (χ3v) is 4.35. The Kier molecular flexibility index (Phi) is 4.09. The molecule has 108 valence electrons. The fraction of sp³-hybridized carbons (Fsp3) is 0.533. The molecule has 0 aliphatic rings. The molecule has 0 spiro atoms. The summed E-state index contributed by atoms with van der Waals surface area (Å²) in [5, 5.41) is 14.9. The van der Waals surface area contributed by atoms with Crippen LogP contribution in [0.4, 0.5) is 5.82 Å². The second-order valence-corrected chi connectivity index (χ2v) is 6.99. The average molecular weight is 290 g/mol. The molecule has 0 fully saturated rings. The van der Waals surface area contributed by atoms with Gasteiger partial charge in [0.25, 0.3) is 0 Å². The number of aromatic nitrogens is 3. The maximum Gasteiger partial charge on any atom is 0.151 e. The molecule has 2 aromatic heterocycles. The summed E-state index contributed by atoms with van der Waals surface area (Å²) < 4.78 is 0. The first-order valence-corrected chi connectivity index (χ1v) is 7.66. The monoisotopic (exact) mass is 290 g/mol. The van der Waals surface area contributed by atoms with Gasteiger partial charge in [0.15, 0.2) is 5.82 Å². The van der Waals surface area contributed by atoms with Crippen molar-refractivity contribution >= 4 is 17.2 Å². The van der Waals surface area contributed by atoms with E-state index in [0.29, 0.717) is 0 Å². The van der Waals surface area contributed by atoms with Crippen molar-refractivity contribution in [1.29, 1.82) is 0 Å². The average Bonchev–Trinajstić information content (AvgIpc) is 2.84. The molecule has 0 unspecified atom stereocenters. The summed E-state index contributed by atoms with van der Waals surface area (Å²) in [6.45, 7) is 10.7. The van der Waals surface area contributed by atoms with Gasteiger partial charge in [-0.3, -0.25) is 0 Å². The second-order valence-electron chi connectivity index (χ2n) is 6.05. The van der Waals surface area contributed by atoms with E-state index in [1.54, 1.807) is 11.3 Å². The van der Waals surface area contributed by atoms with Crippen molar-refractivity contribution in [2.45, 2.75) is 46.5 Å². The highest BCUT2D eigenvalue weighted by molar-refractivity contribution is 7.09. The SMILES string of the molecule is CNc1nnc(Cc2nc(C(C)(C)C)cs2)c(C)c1C. The van der Waals surface area contributed by atoms with Crippen LogP contribution in [0.3, 0.4) is 0 Å². The second kappa shape index (κ2) is 5.48. The maximum atomic E-state index is 4.73. The number of anilines is 1. The Balaban J connectivity index is 2.27. The number of rotatable bonds is 3. The van der Waals surface area contributed by atoms with Crippen molar-refractivity contribution in [3.63, 3.8) is 0 Å². The van der Waals surface area contributed by atoms with Crippen LogP contribution in [-0.4, -0.2) is 22.2 Å². The molecule has 4 nitrogen and oxygen atoms in total. The first kappa shape index (κ1) is 14.9. The van der Waals surface area contributed by atoms with Crippen LogP contribution < -0.4 is 5.32 Å². The van der Waals surface area contributed by atoms with E-state index in [4.69, 9.17) is 4.98 Å². The Bertz CT molecular complexity index is 611. The summed E-state index contributed by atoms with van der Waals surface area (Å²) in [6, 6.07) is 0. The lowest BCUT2D eigenvalue weighted by molar-refractivity contribution is 0.571. The molecule has 2 aromatic rings. The summed E-state index contributed by atoms with van der Waals surface area (Å²) >= 11 is 1.70. The fourth-order valence-corrected chi connectivity index (χ4v) is 2.96. The molecule has 0 amide bonds. The highest BCUT2D eigenvalue weighted by atomic mass is 32.1. The number of nitrogens with one attached hydrogen (secondary N) is 1. The predicted octanol–water partition coefficient (Wildman–Crippen LogP) is 3.48. The van der Waals surface area contributed by atoms with E-state index in [2.05, 4.69) is 55.5 Å². The normalized spacial score (nSPS) is 11.7. The van der Waals surface area contributed by atoms with E-state index < -0.39 is 0 Å². The molecule has 5 heteroatoms. The number of nitrogens with zero attached hydrogens (tertiary/aromatic N) is 3. The van der Waals surface area contributed by atoms with E-state index in [-0.39, 0.29) is 5.41 Å². The van der Waals surface area contributed by atoms with Gasteiger partial charge in [0.05, 0.1) is 16.4 Å². The number of hydrogen-bond acceptors (Lipinski definition) is 5. The van der Waals surface area contributed by atoms with E-state index in [1.807, 2.05) is 7.05 Å². The van der Waals surface area contributed by atoms with Crippen LogP contribution in [0.25, 0.3) is 0 Å². The highest BCUT2D eigenvalue weighted by Gasteiger charge is 2.18. The molecule has 0 aliphatic carbocycles. The van der Waals surface area contributed by atoms with Gasteiger partial charge in [0, 0.05) is 24.3 Å². The van der Waals surface area contributed by atoms with E-state index in [9.17, 15) is 0 Å². The Morgan fingerprint density at radius 1 is 1.15 bits per heavy atom. The van der Waals surface area contributed by atoms with Gasteiger partial charge in [-0.2, -0.15) is 5.10 Å². The van der Waals surface area contributed by atoms with Crippen LogP contribution in [0.1, 0.15) is 48.3 Å². The molecule has 0 bridgehead atoms. The Morgan fingerprint density at radius 2 is 1.85 bits per heavy atom. The van der Waals surface area contributed by atoms with Crippen LogP contribution in [0, 0.1) is 13.8 Å². The topological polar surface area (TPSA) is 50.7 Å². The molecule has 2 rings (SSSR count). The molecule has 1 N–H and O–H groups in total. The van der Waals surface area contributed by atoms with Crippen molar-refractivity contribution in [3.05, 3.63) is 32.9 Å². The Morgan fingerprint density at radius 3 is 2.40 bits per heavy atom. The van der Waals surface area contributed by atoms with Gasteiger partial charge < -0.3 is 5.32 Å². The smallest absolute Gasteiger partial charge is 0.151 e.